The van der Waals surface area contributed by atoms with Crippen molar-refractivity contribution < 1.29 is 19.5 Å². The summed E-state index contributed by atoms with van der Waals surface area (Å²) in [7, 11) is 1.51. The lowest BCUT2D eigenvalue weighted by Crippen LogP contribution is -2.64. The third-order valence-electron chi connectivity index (χ3n) is 12.1. The maximum absolute atomic E-state index is 13.3. The molecule has 5 rings (SSSR count). The minimum Gasteiger partial charge on any atom is -0.469 e. The van der Waals surface area contributed by atoms with Gasteiger partial charge in [-0.05, 0) is 91.3 Å². The summed E-state index contributed by atoms with van der Waals surface area (Å²) in [5.41, 5.74) is 0.384. The van der Waals surface area contributed by atoms with Crippen molar-refractivity contribution in [3.05, 3.63) is 11.6 Å². The molecule has 196 valence electrons. The first kappa shape index (κ1) is 25.5. The summed E-state index contributed by atoms with van der Waals surface area (Å²) in [6, 6.07) is 2.18. The number of allylic oxidation sites excluding steroid dienone is 2. The van der Waals surface area contributed by atoms with E-state index in [2.05, 4.69) is 38.9 Å². The molecule has 0 radical (unpaired) electrons. The number of Topliss-reactive ketones (excluding diaryl/α,β-unsaturated/α-hetero) is 1. The lowest BCUT2D eigenvalue weighted by atomic mass is 9.36. The van der Waals surface area contributed by atoms with Gasteiger partial charge in [-0.3, -0.25) is 9.59 Å². The Morgan fingerprint density at radius 3 is 2.44 bits per heavy atom. The molecule has 0 spiro atoms. The molecule has 0 aromatic heterocycles. The molecule has 36 heavy (non-hydrogen) atoms. The number of rotatable bonds is 1. The van der Waals surface area contributed by atoms with Crippen molar-refractivity contribution in [3.63, 3.8) is 0 Å². The lowest BCUT2D eigenvalue weighted by Gasteiger charge is -2.67. The highest BCUT2D eigenvalue weighted by atomic mass is 16.5. The van der Waals surface area contributed by atoms with Crippen molar-refractivity contribution in [1.29, 1.82) is 5.26 Å². The molecule has 0 aromatic carbocycles. The molecule has 0 saturated heterocycles. The number of methoxy groups -OCH3 is 1. The van der Waals surface area contributed by atoms with Gasteiger partial charge in [0.2, 0.25) is 0 Å². The van der Waals surface area contributed by atoms with Crippen LogP contribution < -0.4 is 0 Å². The number of ether oxygens (including phenoxy) is 1. The van der Waals surface area contributed by atoms with E-state index >= 15 is 0 Å². The Balaban J connectivity index is 1.62. The van der Waals surface area contributed by atoms with Crippen molar-refractivity contribution in [3.8, 4) is 6.07 Å². The van der Waals surface area contributed by atoms with Gasteiger partial charge in [0.25, 0.3) is 0 Å². The third-order valence-corrected chi connectivity index (χ3v) is 12.1. The molecule has 5 aliphatic carbocycles. The van der Waals surface area contributed by atoms with Gasteiger partial charge in [0.15, 0.2) is 5.78 Å². The third kappa shape index (κ3) is 3.23. The Labute approximate surface area is 215 Å². The van der Waals surface area contributed by atoms with E-state index in [1.54, 1.807) is 0 Å². The molecule has 5 aliphatic rings. The highest BCUT2D eigenvalue weighted by molar-refractivity contribution is 6.02. The van der Waals surface area contributed by atoms with Gasteiger partial charge in [-0.1, -0.05) is 45.9 Å². The molecule has 6 heteroatoms. The molecule has 9 unspecified atom stereocenters. The maximum atomic E-state index is 13.3. The molecule has 0 aromatic rings. The summed E-state index contributed by atoms with van der Waals surface area (Å²) in [5, 5.41) is 24.2. The van der Waals surface area contributed by atoms with Crippen LogP contribution in [-0.2, 0) is 14.3 Å². The zero-order chi connectivity index (χ0) is 26.3. The smallest absolute Gasteiger partial charge is 0.312 e. The molecular formula is C30H42N2O4. The second kappa shape index (κ2) is 8.17. The molecule has 4 fully saturated rings. The summed E-state index contributed by atoms with van der Waals surface area (Å²) >= 11 is 0. The average Bonchev–Trinajstić information content (AvgIpc) is 2.84. The van der Waals surface area contributed by atoms with E-state index < -0.39 is 5.41 Å². The minimum atomic E-state index is -0.509. The molecule has 1 N–H and O–H groups in total. The number of nitrogens with zero attached hydrogens (tertiary/aromatic N) is 2. The van der Waals surface area contributed by atoms with Crippen LogP contribution in [0.25, 0.3) is 0 Å². The first-order chi connectivity index (χ1) is 16.9. The van der Waals surface area contributed by atoms with Gasteiger partial charge >= 0.3 is 5.97 Å². The fourth-order valence-corrected chi connectivity index (χ4v) is 10.2. The van der Waals surface area contributed by atoms with Crippen LogP contribution in [0.15, 0.2) is 16.8 Å². The normalized spacial score (nSPS) is 48.4. The van der Waals surface area contributed by atoms with Gasteiger partial charge in [-0.15, -0.1) is 0 Å². The quantitative estimate of drug-likeness (QED) is 0.276. The zero-order valence-corrected chi connectivity index (χ0v) is 22.8. The van der Waals surface area contributed by atoms with E-state index in [0.29, 0.717) is 12.3 Å². The van der Waals surface area contributed by atoms with Crippen LogP contribution in [0.3, 0.4) is 0 Å². The van der Waals surface area contributed by atoms with Crippen LogP contribution in [0.1, 0.15) is 86.0 Å². The van der Waals surface area contributed by atoms with Crippen molar-refractivity contribution in [1.82, 2.24) is 0 Å². The minimum absolute atomic E-state index is 0.0227. The van der Waals surface area contributed by atoms with Gasteiger partial charge in [0.05, 0.1) is 23.8 Å². The maximum Gasteiger partial charge on any atom is 0.312 e. The number of hydrogen-bond acceptors (Lipinski definition) is 6. The second-order valence-electron chi connectivity index (χ2n) is 14.0. The van der Waals surface area contributed by atoms with Gasteiger partial charge in [0.1, 0.15) is 6.07 Å². The Morgan fingerprint density at radius 2 is 1.81 bits per heavy atom. The molecule has 0 amide bonds. The number of esters is 1. The number of carbonyl (C=O) groups excluding carboxylic acids is 2. The van der Waals surface area contributed by atoms with Crippen LogP contribution in [-0.4, -0.2) is 29.8 Å². The standard InChI is InChI=1S/C30H42N2O4/c1-17-19-7-9-28(4)20-8-10-30(26(34)36-6)12-11-27(2,3)15-21(30)24(20)22(32-35)13-23(28)29(19,5)14-18(16-31)25(17)33/h14,17,19-21,23-24,35H,7-13,15H2,1-6H3/b32-22+. The summed E-state index contributed by atoms with van der Waals surface area (Å²) in [4.78, 5) is 26.2. The van der Waals surface area contributed by atoms with E-state index in [1.165, 1.54) is 7.11 Å². The predicted octanol–water partition coefficient (Wildman–Crippen LogP) is 5.94. The molecule has 0 aliphatic heterocycles. The number of oxime groups is 1. The number of fused-ring (bicyclic) bond motifs is 7. The molecule has 9 atom stereocenters. The molecular weight excluding hydrogens is 452 g/mol. The SMILES string of the molecule is COC(=O)C12CCC3C(/C(=N/O)CC4C5(C)C=C(C#N)C(=O)C(C)C5CCC34C)C1CC(C)(C)CC2. The summed E-state index contributed by atoms with van der Waals surface area (Å²) in [6.45, 7) is 11.2. The van der Waals surface area contributed by atoms with Gasteiger partial charge < -0.3 is 9.94 Å². The Bertz CT molecular complexity index is 1080. The lowest BCUT2D eigenvalue weighted by molar-refractivity contribution is -0.181. The zero-order valence-electron chi connectivity index (χ0n) is 22.8. The monoisotopic (exact) mass is 494 g/mol. The van der Waals surface area contributed by atoms with Crippen molar-refractivity contribution in [2.75, 3.05) is 7.11 Å². The van der Waals surface area contributed by atoms with Crippen LogP contribution in [0.5, 0.6) is 0 Å². The van der Waals surface area contributed by atoms with Crippen LogP contribution in [0.2, 0.25) is 0 Å². The number of carbonyl (C=O) groups is 2. The first-order valence-electron chi connectivity index (χ1n) is 13.8. The van der Waals surface area contributed by atoms with E-state index in [9.17, 15) is 20.1 Å². The largest absolute Gasteiger partial charge is 0.469 e. The van der Waals surface area contributed by atoms with Gasteiger partial charge in [-0.2, -0.15) is 5.26 Å². The van der Waals surface area contributed by atoms with Crippen molar-refractivity contribution in [2.45, 2.75) is 86.0 Å². The van der Waals surface area contributed by atoms with E-state index in [-0.39, 0.29) is 63.2 Å². The first-order valence-corrected chi connectivity index (χ1v) is 13.8. The number of ketones is 1. The van der Waals surface area contributed by atoms with Crippen LogP contribution >= 0.6 is 0 Å². The average molecular weight is 495 g/mol. The highest BCUT2D eigenvalue weighted by Crippen LogP contribution is 2.71. The molecule has 4 saturated carbocycles. The fourth-order valence-electron chi connectivity index (χ4n) is 10.2. The van der Waals surface area contributed by atoms with E-state index in [1.807, 2.05) is 13.0 Å². The Morgan fingerprint density at radius 1 is 1.11 bits per heavy atom. The summed E-state index contributed by atoms with van der Waals surface area (Å²) < 4.78 is 5.42. The predicted molar refractivity (Wildman–Crippen MR) is 136 cm³/mol. The van der Waals surface area contributed by atoms with Crippen LogP contribution in [0.4, 0.5) is 0 Å². The second-order valence-corrected chi connectivity index (χ2v) is 14.0. The van der Waals surface area contributed by atoms with E-state index in [0.717, 1.165) is 50.7 Å². The summed E-state index contributed by atoms with van der Waals surface area (Å²) in [6.07, 6.45) is 9.07. The van der Waals surface area contributed by atoms with Crippen LogP contribution in [0, 0.1) is 68.5 Å². The van der Waals surface area contributed by atoms with Gasteiger partial charge in [0, 0.05) is 11.8 Å². The molecule has 0 bridgehead atoms. The highest BCUT2D eigenvalue weighted by Gasteiger charge is 2.68. The van der Waals surface area contributed by atoms with Crippen molar-refractivity contribution in [2.24, 2.45) is 62.3 Å². The number of nitriles is 1. The molecule has 0 heterocycles. The summed E-state index contributed by atoms with van der Waals surface area (Å²) in [5.74, 6) is 0.498. The van der Waals surface area contributed by atoms with E-state index in [4.69, 9.17) is 4.74 Å². The molecule has 6 nitrogen and oxygen atoms in total. The number of hydrogen-bond donors (Lipinski definition) is 1. The Kier molecular flexibility index (Phi) is 5.78. The Hall–Kier alpha value is -2.16. The van der Waals surface area contributed by atoms with Crippen molar-refractivity contribution >= 4 is 17.5 Å². The van der Waals surface area contributed by atoms with Gasteiger partial charge in [-0.25, -0.2) is 0 Å². The topological polar surface area (TPSA) is 99.8 Å². The fraction of sp³-hybridized carbons (Fsp3) is 0.800.